The Balaban J connectivity index is 1.61. The van der Waals surface area contributed by atoms with Crippen molar-refractivity contribution in [1.29, 1.82) is 0 Å². The number of amides is 1. The number of hydrogen-bond acceptors (Lipinski definition) is 4. The number of carbonyl (C=O) groups is 1. The van der Waals surface area contributed by atoms with Gasteiger partial charge in [0.2, 0.25) is 5.91 Å². The molecule has 1 unspecified atom stereocenters. The zero-order chi connectivity index (χ0) is 15.3. The zero-order valence-electron chi connectivity index (χ0n) is 13.3. The SMILES string of the molecule is CN(C)c1ccc2c(c1)OCCN2C1CCN(C2CC2)C1=O. The summed E-state index contributed by atoms with van der Waals surface area (Å²) < 4.78 is 5.83. The lowest BCUT2D eigenvalue weighted by atomic mass is 10.1. The van der Waals surface area contributed by atoms with Gasteiger partial charge in [-0.1, -0.05) is 0 Å². The summed E-state index contributed by atoms with van der Waals surface area (Å²) in [4.78, 5) is 19.1. The molecule has 1 aromatic carbocycles. The van der Waals surface area contributed by atoms with Gasteiger partial charge in [0.15, 0.2) is 0 Å². The molecule has 2 heterocycles. The summed E-state index contributed by atoms with van der Waals surface area (Å²) in [5.41, 5.74) is 2.19. The highest BCUT2D eigenvalue weighted by Gasteiger charge is 2.43. The molecule has 1 aromatic rings. The molecular formula is C17H23N3O2. The lowest BCUT2D eigenvalue weighted by Gasteiger charge is -2.35. The van der Waals surface area contributed by atoms with Gasteiger partial charge in [-0.15, -0.1) is 0 Å². The average Bonchev–Trinajstić information content (AvgIpc) is 3.29. The summed E-state index contributed by atoms with van der Waals surface area (Å²) in [7, 11) is 4.05. The van der Waals surface area contributed by atoms with Gasteiger partial charge in [-0.3, -0.25) is 4.79 Å². The van der Waals surface area contributed by atoms with Crippen molar-refractivity contribution in [2.45, 2.75) is 31.3 Å². The summed E-state index contributed by atoms with van der Waals surface area (Å²) in [6.07, 6.45) is 3.30. The second-order valence-corrected chi connectivity index (χ2v) is 6.66. The molecule has 118 valence electrons. The van der Waals surface area contributed by atoms with E-state index < -0.39 is 0 Å². The number of likely N-dealkylation sites (tertiary alicyclic amines) is 1. The molecule has 1 aliphatic carbocycles. The van der Waals surface area contributed by atoms with Crippen LogP contribution in [0.25, 0.3) is 0 Å². The molecule has 1 amide bonds. The minimum Gasteiger partial charge on any atom is -0.489 e. The molecule has 22 heavy (non-hydrogen) atoms. The molecule has 5 nitrogen and oxygen atoms in total. The van der Waals surface area contributed by atoms with Crippen LogP contribution < -0.4 is 14.5 Å². The minimum atomic E-state index is -0.00606. The third-order valence-corrected chi connectivity index (χ3v) is 4.93. The van der Waals surface area contributed by atoms with Crippen LogP contribution in [0, 0.1) is 0 Å². The van der Waals surface area contributed by atoms with Crippen LogP contribution in [-0.4, -0.2) is 56.7 Å². The summed E-state index contributed by atoms with van der Waals surface area (Å²) in [6, 6.07) is 6.78. The number of nitrogens with zero attached hydrogens (tertiary/aromatic N) is 3. The molecular weight excluding hydrogens is 278 g/mol. The number of carbonyl (C=O) groups excluding carboxylic acids is 1. The number of anilines is 2. The van der Waals surface area contributed by atoms with E-state index in [0.29, 0.717) is 18.6 Å². The summed E-state index contributed by atoms with van der Waals surface area (Å²) in [5, 5.41) is 0. The molecule has 0 radical (unpaired) electrons. The van der Waals surface area contributed by atoms with Gasteiger partial charge in [-0.25, -0.2) is 0 Å². The molecule has 2 aliphatic heterocycles. The molecule has 2 fully saturated rings. The smallest absolute Gasteiger partial charge is 0.245 e. The Kier molecular flexibility index (Phi) is 3.17. The monoisotopic (exact) mass is 301 g/mol. The van der Waals surface area contributed by atoms with E-state index in [0.717, 1.165) is 36.6 Å². The third kappa shape index (κ3) is 2.19. The molecule has 0 aromatic heterocycles. The molecule has 4 rings (SSSR count). The second-order valence-electron chi connectivity index (χ2n) is 6.66. The first-order valence-corrected chi connectivity index (χ1v) is 8.16. The Bertz CT molecular complexity index is 598. The Morgan fingerprint density at radius 2 is 1.95 bits per heavy atom. The fourth-order valence-electron chi connectivity index (χ4n) is 3.56. The minimum absolute atomic E-state index is 0.00606. The molecule has 3 aliphatic rings. The highest BCUT2D eigenvalue weighted by Crippen LogP contribution is 2.39. The maximum atomic E-state index is 12.7. The van der Waals surface area contributed by atoms with Crippen molar-refractivity contribution in [2.24, 2.45) is 0 Å². The van der Waals surface area contributed by atoms with E-state index in [1.807, 2.05) is 14.1 Å². The largest absolute Gasteiger partial charge is 0.489 e. The highest BCUT2D eigenvalue weighted by molar-refractivity contribution is 5.89. The third-order valence-electron chi connectivity index (χ3n) is 4.93. The standard InChI is InChI=1S/C17H23N3O2/c1-18(2)13-5-6-14-16(11-13)22-10-9-20(14)15-7-8-19(17(15)21)12-3-4-12/h5-6,11-12,15H,3-4,7-10H2,1-2H3. The maximum Gasteiger partial charge on any atom is 0.245 e. The second kappa shape index (κ2) is 5.07. The van der Waals surface area contributed by atoms with E-state index >= 15 is 0 Å². The van der Waals surface area contributed by atoms with Gasteiger partial charge in [-0.05, 0) is 31.4 Å². The predicted octanol–water partition coefficient (Wildman–Crippen LogP) is 1.71. The van der Waals surface area contributed by atoms with Gasteiger partial charge in [0.25, 0.3) is 0 Å². The summed E-state index contributed by atoms with van der Waals surface area (Å²) >= 11 is 0. The van der Waals surface area contributed by atoms with Crippen molar-refractivity contribution in [3.05, 3.63) is 18.2 Å². The number of benzene rings is 1. The first-order valence-electron chi connectivity index (χ1n) is 8.16. The van der Waals surface area contributed by atoms with Crippen molar-refractivity contribution in [3.8, 4) is 5.75 Å². The molecule has 0 N–H and O–H groups in total. The van der Waals surface area contributed by atoms with E-state index in [1.54, 1.807) is 0 Å². The van der Waals surface area contributed by atoms with Crippen LogP contribution in [0.5, 0.6) is 5.75 Å². The van der Waals surface area contributed by atoms with Gasteiger partial charge in [0, 0.05) is 38.4 Å². The lowest BCUT2D eigenvalue weighted by Crippen LogP contribution is -2.46. The summed E-state index contributed by atoms with van der Waals surface area (Å²) in [6.45, 7) is 2.36. The predicted molar refractivity (Wildman–Crippen MR) is 86.8 cm³/mol. The van der Waals surface area contributed by atoms with Crippen molar-refractivity contribution in [3.63, 3.8) is 0 Å². The maximum absolute atomic E-state index is 12.7. The van der Waals surface area contributed by atoms with Crippen LogP contribution in [0.15, 0.2) is 18.2 Å². The van der Waals surface area contributed by atoms with Crippen molar-refractivity contribution in [2.75, 3.05) is 43.6 Å². The van der Waals surface area contributed by atoms with Gasteiger partial charge in [-0.2, -0.15) is 0 Å². The zero-order valence-corrected chi connectivity index (χ0v) is 13.3. The van der Waals surface area contributed by atoms with Gasteiger partial charge < -0.3 is 19.4 Å². The van der Waals surface area contributed by atoms with Gasteiger partial charge in [0.1, 0.15) is 18.4 Å². The lowest BCUT2D eigenvalue weighted by molar-refractivity contribution is -0.129. The molecule has 0 spiro atoms. The van der Waals surface area contributed by atoms with Crippen molar-refractivity contribution < 1.29 is 9.53 Å². The normalized spacial score (nSPS) is 24.3. The fraction of sp³-hybridized carbons (Fsp3) is 0.588. The van der Waals surface area contributed by atoms with Crippen molar-refractivity contribution >= 4 is 17.3 Å². The van der Waals surface area contributed by atoms with Crippen LogP contribution in [0.3, 0.4) is 0 Å². The van der Waals surface area contributed by atoms with Crippen molar-refractivity contribution in [1.82, 2.24) is 4.90 Å². The van der Waals surface area contributed by atoms with Crippen LogP contribution in [-0.2, 0) is 4.79 Å². The Hall–Kier alpha value is -1.91. The van der Waals surface area contributed by atoms with Crippen LogP contribution in [0.2, 0.25) is 0 Å². The van der Waals surface area contributed by atoms with E-state index in [2.05, 4.69) is 32.9 Å². The van der Waals surface area contributed by atoms with E-state index in [9.17, 15) is 4.79 Å². The molecule has 1 saturated carbocycles. The molecule has 5 heteroatoms. The number of fused-ring (bicyclic) bond motifs is 1. The fourth-order valence-corrected chi connectivity index (χ4v) is 3.56. The molecule has 1 atom stereocenters. The first kappa shape index (κ1) is 13.7. The van der Waals surface area contributed by atoms with Crippen LogP contribution >= 0.6 is 0 Å². The Labute approximate surface area is 131 Å². The number of hydrogen-bond donors (Lipinski definition) is 0. The average molecular weight is 301 g/mol. The van der Waals surface area contributed by atoms with Gasteiger partial charge in [0.05, 0.1) is 12.2 Å². The quantitative estimate of drug-likeness (QED) is 0.851. The van der Waals surface area contributed by atoms with E-state index in [-0.39, 0.29) is 6.04 Å². The molecule has 1 saturated heterocycles. The number of ether oxygens (including phenoxy) is 1. The van der Waals surface area contributed by atoms with Crippen LogP contribution in [0.4, 0.5) is 11.4 Å². The summed E-state index contributed by atoms with van der Waals surface area (Å²) in [5.74, 6) is 1.21. The Morgan fingerprint density at radius 3 is 2.68 bits per heavy atom. The highest BCUT2D eigenvalue weighted by atomic mass is 16.5. The first-order chi connectivity index (χ1) is 10.6. The Morgan fingerprint density at radius 1 is 1.14 bits per heavy atom. The van der Waals surface area contributed by atoms with E-state index in [1.165, 1.54) is 12.8 Å². The molecule has 0 bridgehead atoms. The van der Waals surface area contributed by atoms with Crippen LogP contribution in [0.1, 0.15) is 19.3 Å². The van der Waals surface area contributed by atoms with E-state index in [4.69, 9.17) is 4.74 Å². The number of rotatable bonds is 3. The topological polar surface area (TPSA) is 36.0 Å². The van der Waals surface area contributed by atoms with Gasteiger partial charge >= 0.3 is 0 Å².